The average Bonchev–Trinajstić information content (AvgIpc) is 3.06. The highest BCUT2D eigenvalue weighted by atomic mass is 16.3. The molecule has 1 rings (SSSR count). The molecule has 0 heterocycles. The van der Waals surface area contributed by atoms with Gasteiger partial charge in [0.25, 0.3) is 0 Å². The number of hydrogen-bond donors (Lipinski definition) is 2. The largest absolute Gasteiger partial charge is 0.395 e. The Morgan fingerprint density at radius 1 is 1.47 bits per heavy atom. The first-order chi connectivity index (χ1) is 7.19. The summed E-state index contributed by atoms with van der Waals surface area (Å²) in [5, 5.41) is 12.6. The van der Waals surface area contributed by atoms with Gasteiger partial charge >= 0.3 is 0 Å². The molecule has 90 valence electrons. The number of nitrogens with one attached hydrogen (secondary N) is 1. The van der Waals surface area contributed by atoms with Crippen molar-refractivity contribution in [3.63, 3.8) is 0 Å². The zero-order valence-electron chi connectivity index (χ0n) is 10.4. The second-order valence-electron chi connectivity index (χ2n) is 4.85. The van der Waals surface area contributed by atoms with Crippen molar-refractivity contribution in [2.45, 2.75) is 45.2 Å². The molecule has 2 unspecified atom stereocenters. The lowest BCUT2D eigenvalue weighted by Gasteiger charge is -2.28. The SMILES string of the molecule is CCCNC(CO)CN(C)C(C)C1CC1. The van der Waals surface area contributed by atoms with Gasteiger partial charge in [0, 0.05) is 18.6 Å². The normalized spacial score (nSPS) is 20.6. The molecule has 2 N–H and O–H groups in total. The van der Waals surface area contributed by atoms with Crippen LogP contribution in [0, 0.1) is 5.92 Å². The van der Waals surface area contributed by atoms with Crippen LogP contribution in [0.4, 0.5) is 0 Å². The van der Waals surface area contributed by atoms with Crippen LogP contribution in [0.3, 0.4) is 0 Å². The van der Waals surface area contributed by atoms with Gasteiger partial charge in [-0.1, -0.05) is 6.92 Å². The van der Waals surface area contributed by atoms with E-state index in [0.29, 0.717) is 6.04 Å². The minimum Gasteiger partial charge on any atom is -0.395 e. The third-order valence-electron chi connectivity index (χ3n) is 3.41. The molecule has 3 nitrogen and oxygen atoms in total. The fourth-order valence-electron chi connectivity index (χ4n) is 1.99. The number of likely N-dealkylation sites (N-methyl/N-ethyl adjacent to an activating group) is 1. The van der Waals surface area contributed by atoms with Crippen LogP contribution in [0.25, 0.3) is 0 Å². The van der Waals surface area contributed by atoms with Gasteiger partial charge in [-0.2, -0.15) is 0 Å². The highest BCUT2D eigenvalue weighted by molar-refractivity contribution is 4.85. The molecule has 0 radical (unpaired) electrons. The van der Waals surface area contributed by atoms with Crippen LogP contribution in [0.2, 0.25) is 0 Å². The second kappa shape index (κ2) is 6.46. The van der Waals surface area contributed by atoms with E-state index in [1.807, 2.05) is 0 Å². The molecule has 0 spiro atoms. The van der Waals surface area contributed by atoms with Gasteiger partial charge in [-0.3, -0.25) is 0 Å². The summed E-state index contributed by atoms with van der Waals surface area (Å²) in [7, 11) is 2.17. The fourth-order valence-corrected chi connectivity index (χ4v) is 1.99. The van der Waals surface area contributed by atoms with Gasteiger partial charge in [-0.25, -0.2) is 0 Å². The van der Waals surface area contributed by atoms with E-state index in [1.54, 1.807) is 0 Å². The highest BCUT2D eigenvalue weighted by Gasteiger charge is 2.30. The van der Waals surface area contributed by atoms with E-state index in [9.17, 15) is 5.11 Å². The minimum atomic E-state index is 0.233. The maximum Gasteiger partial charge on any atom is 0.0597 e. The highest BCUT2D eigenvalue weighted by Crippen LogP contribution is 2.34. The smallest absolute Gasteiger partial charge is 0.0597 e. The Labute approximate surface area is 93.9 Å². The maximum atomic E-state index is 9.25. The zero-order valence-corrected chi connectivity index (χ0v) is 10.4. The Balaban J connectivity index is 2.22. The lowest BCUT2D eigenvalue weighted by Crippen LogP contribution is -2.45. The van der Waals surface area contributed by atoms with Crippen LogP contribution in [-0.2, 0) is 0 Å². The predicted molar refractivity (Wildman–Crippen MR) is 64.0 cm³/mol. The molecule has 0 bridgehead atoms. The first-order valence-electron chi connectivity index (χ1n) is 6.23. The lowest BCUT2D eigenvalue weighted by atomic mass is 10.1. The van der Waals surface area contributed by atoms with Gasteiger partial charge < -0.3 is 15.3 Å². The summed E-state index contributed by atoms with van der Waals surface area (Å²) in [6, 6.07) is 0.902. The molecule has 3 heteroatoms. The van der Waals surface area contributed by atoms with Crippen molar-refractivity contribution in [3.05, 3.63) is 0 Å². The first kappa shape index (κ1) is 12.9. The van der Waals surface area contributed by atoms with Crippen LogP contribution in [0.15, 0.2) is 0 Å². The van der Waals surface area contributed by atoms with Crippen molar-refractivity contribution in [1.29, 1.82) is 0 Å². The molecular weight excluding hydrogens is 188 g/mol. The van der Waals surface area contributed by atoms with E-state index in [1.165, 1.54) is 12.8 Å². The summed E-state index contributed by atoms with van der Waals surface area (Å²) >= 11 is 0. The van der Waals surface area contributed by atoms with E-state index in [0.717, 1.165) is 25.4 Å². The molecule has 0 aromatic carbocycles. The summed E-state index contributed by atoms with van der Waals surface area (Å²) in [5.41, 5.74) is 0. The monoisotopic (exact) mass is 214 g/mol. The topological polar surface area (TPSA) is 35.5 Å². The van der Waals surface area contributed by atoms with Crippen molar-refractivity contribution < 1.29 is 5.11 Å². The summed E-state index contributed by atoms with van der Waals surface area (Å²) in [4.78, 5) is 2.38. The summed E-state index contributed by atoms with van der Waals surface area (Å²) in [6.07, 6.45) is 3.90. The summed E-state index contributed by atoms with van der Waals surface area (Å²) in [6.45, 7) is 6.64. The van der Waals surface area contributed by atoms with Gasteiger partial charge in [0.15, 0.2) is 0 Å². The maximum absolute atomic E-state index is 9.25. The number of hydrogen-bond acceptors (Lipinski definition) is 3. The van der Waals surface area contributed by atoms with Crippen LogP contribution in [0.1, 0.15) is 33.1 Å². The van der Waals surface area contributed by atoms with Crippen molar-refractivity contribution >= 4 is 0 Å². The quantitative estimate of drug-likeness (QED) is 0.634. The van der Waals surface area contributed by atoms with Crippen LogP contribution in [0.5, 0.6) is 0 Å². The lowest BCUT2D eigenvalue weighted by molar-refractivity contribution is 0.165. The second-order valence-corrected chi connectivity index (χ2v) is 4.85. The molecule has 0 aliphatic heterocycles. The van der Waals surface area contributed by atoms with Crippen molar-refractivity contribution in [2.75, 3.05) is 26.7 Å². The van der Waals surface area contributed by atoms with Crippen LogP contribution >= 0.6 is 0 Å². The summed E-state index contributed by atoms with van der Waals surface area (Å²) in [5.74, 6) is 0.903. The predicted octanol–water partition coefficient (Wildman–Crippen LogP) is 1.08. The van der Waals surface area contributed by atoms with E-state index in [2.05, 4.69) is 31.1 Å². The van der Waals surface area contributed by atoms with Crippen molar-refractivity contribution in [2.24, 2.45) is 5.92 Å². The Kier molecular flexibility index (Phi) is 5.58. The fraction of sp³-hybridized carbons (Fsp3) is 1.00. The number of aliphatic hydroxyl groups excluding tert-OH is 1. The van der Waals surface area contributed by atoms with Gasteiger partial charge in [0.05, 0.1) is 6.61 Å². The molecular formula is C12H26N2O. The minimum absolute atomic E-state index is 0.233. The third-order valence-corrected chi connectivity index (χ3v) is 3.41. The van der Waals surface area contributed by atoms with Crippen LogP contribution in [-0.4, -0.2) is 48.8 Å². The Morgan fingerprint density at radius 3 is 2.60 bits per heavy atom. The van der Waals surface area contributed by atoms with Crippen molar-refractivity contribution in [3.8, 4) is 0 Å². The molecule has 0 aromatic rings. The molecule has 1 saturated carbocycles. The molecule has 2 atom stereocenters. The molecule has 0 aromatic heterocycles. The van der Waals surface area contributed by atoms with Crippen LogP contribution < -0.4 is 5.32 Å². The number of aliphatic hydroxyl groups is 1. The molecule has 1 aliphatic rings. The molecule has 0 saturated heterocycles. The molecule has 0 amide bonds. The van der Waals surface area contributed by atoms with Gasteiger partial charge in [-0.05, 0) is 45.7 Å². The van der Waals surface area contributed by atoms with Crippen molar-refractivity contribution in [1.82, 2.24) is 10.2 Å². The van der Waals surface area contributed by atoms with E-state index >= 15 is 0 Å². The van der Waals surface area contributed by atoms with E-state index in [-0.39, 0.29) is 12.6 Å². The third kappa shape index (κ3) is 4.49. The summed E-state index contributed by atoms with van der Waals surface area (Å²) < 4.78 is 0. The van der Waals surface area contributed by atoms with E-state index < -0.39 is 0 Å². The Hall–Kier alpha value is -0.120. The molecule has 15 heavy (non-hydrogen) atoms. The molecule has 1 fully saturated rings. The number of nitrogens with zero attached hydrogens (tertiary/aromatic N) is 1. The van der Waals surface area contributed by atoms with Gasteiger partial charge in [0.1, 0.15) is 0 Å². The Bertz CT molecular complexity index is 171. The van der Waals surface area contributed by atoms with Gasteiger partial charge in [0.2, 0.25) is 0 Å². The zero-order chi connectivity index (χ0) is 11.3. The van der Waals surface area contributed by atoms with Gasteiger partial charge in [-0.15, -0.1) is 0 Å². The Morgan fingerprint density at radius 2 is 2.13 bits per heavy atom. The molecule has 1 aliphatic carbocycles. The number of rotatable bonds is 8. The first-order valence-corrected chi connectivity index (χ1v) is 6.23. The average molecular weight is 214 g/mol. The standard InChI is InChI=1S/C12H26N2O/c1-4-7-13-12(9-15)8-14(3)10(2)11-5-6-11/h10-13,15H,4-9H2,1-3H3. The van der Waals surface area contributed by atoms with E-state index in [4.69, 9.17) is 0 Å².